The van der Waals surface area contributed by atoms with Gasteiger partial charge in [-0.1, -0.05) is 20.8 Å². The van der Waals surface area contributed by atoms with Crippen LogP contribution in [0.4, 0.5) is 0 Å². The van der Waals surface area contributed by atoms with Crippen LogP contribution >= 0.6 is 0 Å². The van der Waals surface area contributed by atoms with Crippen molar-refractivity contribution < 1.29 is 14.7 Å². The Morgan fingerprint density at radius 1 is 1.24 bits per heavy atom. The second-order valence-corrected chi connectivity index (χ2v) is 6.04. The van der Waals surface area contributed by atoms with Crippen LogP contribution in [0.1, 0.15) is 59.3 Å². The van der Waals surface area contributed by atoms with Crippen LogP contribution in [-0.2, 0) is 9.59 Å². The lowest BCUT2D eigenvalue weighted by Gasteiger charge is -2.36. The highest BCUT2D eigenvalue weighted by Crippen LogP contribution is 2.25. The van der Waals surface area contributed by atoms with E-state index in [2.05, 4.69) is 5.32 Å². The third-order valence-electron chi connectivity index (χ3n) is 4.90. The number of piperidine rings is 1. The van der Waals surface area contributed by atoms with E-state index in [1.807, 2.05) is 20.8 Å². The van der Waals surface area contributed by atoms with Gasteiger partial charge in [0.25, 0.3) is 0 Å². The summed E-state index contributed by atoms with van der Waals surface area (Å²) < 4.78 is 0. The fourth-order valence-electron chi connectivity index (χ4n) is 2.88. The first kappa shape index (κ1) is 18.0. The first-order valence-electron chi connectivity index (χ1n) is 8.21. The summed E-state index contributed by atoms with van der Waals surface area (Å²) in [5, 5.41) is 12.5. The number of likely N-dealkylation sites (tertiary alicyclic amines) is 1. The maximum Gasteiger partial charge on any atom is 0.242 e. The largest absolute Gasteiger partial charge is 0.396 e. The van der Waals surface area contributed by atoms with Gasteiger partial charge in [-0.15, -0.1) is 0 Å². The maximum atomic E-state index is 12.4. The molecule has 1 fully saturated rings. The van der Waals surface area contributed by atoms with Gasteiger partial charge in [0.1, 0.15) is 6.04 Å². The van der Waals surface area contributed by atoms with Crippen LogP contribution in [0.2, 0.25) is 0 Å². The van der Waals surface area contributed by atoms with Gasteiger partial charge in [-0.3, -0.25) is 9.59 Å². The minimum Gasteiger partial charge on any atom is -0.396 e. The number of amides is 2. The number of nitrogens with one attached hydrogen (secondary N) is 1. The molecule has 0 aromatic carbocycles. The van der Waals surface area contributed by atoms with Crippen LogP contribution in [-0.4, -0.2) is 47.6 Å². The Hall–Kier alpha value is -1.10. The fourth-order valence-corrected chi connectivity index (χ4v) is 2.88. The van der Waals surface area contributed by atoms with E-state index in [-0.39, 0.29) is 29.9 Å². The van der Waals surface area contributed by atoms with Crippen molar-refractivity contribution in [3.8, 4) is 0 Å². The lowest BCUT2D eigenvalue weighted by atomic mass is 9.83. The first-order valence-corrected chi connectivity index (χ1v) is 8.21. The quantitative estimate of drug-likeness (QED) is 0.751. The summed E-state index contributed by atoms with van der Waals surface area (Å²) >= 11 is 0. The first-order chi connectivity index (χ1) is 10.0. The Kier molecular flexibility index (Phi) is 7.15. The van der Waals surface area contributed by atoms with Crippen molar-refractivity contribution >= 4 is 11.8 Å². The van der Waals surface area contributed by atoms with Gasteiger partial charge >= 0.3 is 0 Å². The number of nitrogens with zero attached hydrogens (tertiary/aromatic N) is 1. The van der Waals surface area contributed by atoms with Crippen molar-refractivity contribution in [2.24, 2.45) is 5.41 Å². The molecular weight excluding hydrogens is 268 g/mol. The van der Waals surface area contributed by atoms with E-state index >= 15 is 0 Å². The van der Waals surface area contributed by atoms with Gasteiger partial charge in [0.2, 0.25) is 11.8 Å². The lowest BCUT2D eigenvalue weighted by Crippen LogP contribution is -2.53. The molecule has 0 bridgehead atoms. The van der Waals surface area contributed by atoms with Crippen LogP contribution in [0.3, 0.4) is 0 Å². The zero-order valence-electron chi connectivity index (χ0n) is 13.7. The molecule has 0 aromatic rings. The molecule has 1 aliphatic rings. The molecule has 0 saturated carbocycles. The SMILES string of the molecule is CCC(=O)N1CCCCC1C(=O)NCC(CC)(CC)CO. The normalized spacial score (nSPS) is 19.4. The molecule has 0 aromatic heterocycles. The topological polar surface area (TPSA) is 69.6 Å². The molecule has 0 aliphatic carbocycles. The Bertz CT molecular complexity index is 345. The van der Waals surface area contributed by atoms with Crippen LogP contribution in [0.25, 0.3) is 0 Å². The fraction of sp³-hybridized carbons (Fsp3) is 0.875. The minimum absolute atomic E-state index is 0.0502. The standard InChI is InChI=1S/C16H30N2O3/c1-4-14(20)18-10-8-7-9-13(18)15(21)17-11-16(5-2,6-3)12-19/h13,19H,4-12H2,1-3H3,(H,17,21). The van der Waals surface area contributed by atoms with Crippen molar-refractivity contribution in [1.29, 1.82) is 0 Å². The molecule has 21 heavy (non-hydrogen) atoms. The van der Waals surface area contributed by atoms with Gasteiger partial charge in [0.15, 0.2) is 0 Å². The summed E-state index contributed by atoms with van der Waals surface area (Å²) in [6.07, 6.45) is 4.78. The molecule has 1 heterocycles. The average molecular weight is 298 g/mol. The van der Waals surface area contributed by atoms with Gasteiger partial charge in [-0.25, -0.2) is 0 Å². The summed E-state index contributed by atoms with van der Waals surface area (Å²) in [7, 11) is 0. The lowest BCUT2D eigenvalue weighted by molar-refractivity contribution is -0.142. The molecule has 5 heteroatoms. The highest BCUT2D eigenvalue weighted by molar-refractivity contribution is 5.87. The zero-order chi connectivity index (χ0) is 15.9. The predicted octanol–water partition coefficient (Wildman–Crippen LogP) is 1.69. The molecule has 0 radical (unpaired) electrons. The van der Waals surface area contributed by atoms with Crippen molar-refractivity contribution in [2.75, 3.05) is 19.7 Å². The summed E-state index contributed by atoms with van der Waals surface area (Å²) in [6.45, 7) is 7.11. The average Bonchev–Trinajstić information content (AvgIpc) is 2.55. The minimum atomic E-state index is -0.337. The molecule has 1 unspecified atom stereocenters. The maximum absolute atomic E-state index is 12.4. The van der Waals surface area contributed by atoms with Crippen molar-refractivity contribution in [2.45, 2.75) is 65.3 Å². The highest BCUT2D eigenvalue weighted by Gasteiger charge is 2.33. The Morgan fingerprint density at radius 3 is 2.43 bits per heavy atom. The van der Waals surface area contributed by atoms with E-state index < -0.39 is 0 Å². The Labute approximate surface area is 128 Å². The van der Waals surface area contributed by atoms with E-state index in [4.69, 9.17) is 0 Å². The summed E-state index contributed by atoms with van der Waals surface area (Å²) in [5.41, 5.74) is -0.246. The molecule has 1 rings (SSSR count). The van der Waals surface area contributed by atoms with Crippen LogP contribution in [0.15, 0.2) is 0 Å². The second kappa shape index (κ2) is 8.37. The number of aliphatic hydroxyl groups is 1. The number of carbonyl (C=O) groups excluding carboxylic acids is 2. The Morgan fingerprint density at radius 2 is 1.90 bits per heavy atom. The number of carbonyl (C=O) groups is 2. The van der Waals surface area contributed by atoms with Crippen molar-refractivity contribution in [3.05, 3.63) is 0 Å². The van der Waals surface area contributed by atoms with Gasteiger partial charge < -0.3 is 15.3 Å². The van der Waals surface area contributed by atoms with E-state index in [0.717, 1.165) is 32.1 Å². The van der Waals surface area contributed by atoms with Gasteiger partial charge in [-0.2, -0.15) is 0 Å². The van der Waals surface area contributed by atoms with Gasteiger partial charge in [0.05, 0.1) is 6.61 Å². The van der Waals surface area contributed by atoms with Crippen LogP contribution in [0, 0.1) is 5.41 Å². The molecule has 2 amide bonds. The van der Waals surface area contributed by atoms with Gasteiger partial charge in [0, 0.05) is 24.9 Å². The predicted molar refractivity (Wildman–Crippen MR) is 82.8 cm³/mol. The third kappa shape index (κ3) is 4.43. The molecular formula is C16H30N2O3. The monoisotopic (exact) mass is 298 g/mol. The molecule has 1 aliphatic heterocycles. The third-order valence-corrected chi connectivity index (χ3v) is 4.90. The van der Waals surface area contributed by atoms with E-state index in [0.29, 0.717) is 19.5 Å². The highest BCUT2D eigenvalue weighted by atomic mass is 16.3. The smallest absolute Gasteiger partial charge is 0.242 e. The summed E-state index contributed by atoms with van der Waals surface area (Å²) in [6, 6.07) is -0.337. The van der Waals surface area contributed by atoms with Crippen molar-refractivity contribution in [3.63, 3.8) is 0 Å². The molecule has 0 spiro atoms. The number of rotatable bonds is 7. The van der Waals surface area contributed by atoms with E-state index in [1.54, 1.807) is 4.90 Å². The Balaban J connectivity index is 2.66. The molecule has 1 saturated heterocycles. The zero-order valence-corrected chi connectivity index (χ0v) is 13.7. The number of hydrogen-bond acceptors (Lipinski definition) is 3. The molecule has 1 atom stereocenters. The molecule has 2 N–H and O–H groups in total. The summed E-state index contributed by atoms with van der Waals surface area (Å²) in [4.78, 5) is 26.1. The van der Waals surface area contributed by atoms with Gasteiger partial charge in [-0.05, 0) is 32.1 Å². The number of aliphatic hydroxyl groups excluding tert-OH is 1. The molecule has 122 valence electrons. The summed E-state index contributed by atoms with van der Waals surface area (Å²) in [5.74, 6) is -0.0227. The van der Waals surface area contributed by atoms with E-state index in [9.17, 15) is 14.7 Å². The van der Waals surface area contributed by atoms with Crippen LogP contribution in [0.5, 0.6) is 0 Å². The number of hydrogen-bond donors (Lipinski definition) is 2. The van der Waals surface area contributed by atoms with Crippen LogP contribution < -0.4 is 5.32 Å². The second-order valence-electron chi connectivity index (χ2n) is 6.04. The molecule has 5 nitrogen and oxygen atoms in total. The van der Waals surface area contributed by atoms with Crippen molar-refractivity contribution in [1.82, 2.24) is 10.2 Å². The van der Waals surface area contributed by atoms with E-state index in [1.165, 1.54) is 0 Å².